The molecule has 1 aromatic heterocycles. The second kappa shape index (κ2) is 7.38. The normalized spacial score (nSPS) is 10.8. The van der Waals surface area contributed by atoms with Crippen LogP contribution in [0.2, 0.25) is 5.15 Å². The number of hydrogen-bond donors (Lipinski definition) is 1. The van der Waals surface area contributed by atoms with Gasteiger partial charge in [0.2, 0.25) is 0 Å². The summed E-state index contributed by atoms with van der Waals surface area (Å²) >= 11 is 7.06. The van der Waals surface area contributed by atoms with E-state index in [0.29, 0.717) is 11.4 Å². The van der Waals surface area contributed by atoms with Crippen molar-refractivity contribution < 1.29 is 4.79 Å². The lowest BCUT2D eigenvalue weighted by atomic mass is 10.2. The summed E-state index contributed by atoms with van der Waals surface area (Å²) in [6, 6.07) is 10.2. The van der Waals surface area contributed by atoms with E-state index in [2.05, 4.69) is 27.3 Å². The first-order valence-electron chi connectivity index (χ1n) is 6.26. The zero-order valence-electron chi connectivity index (χ0n) is 11.2. The number of carbonyl (C=O) groups excluding carboxylic acids is 1. The van der Waals surface area contributed by atoms with E-state index in [0.717, 1.165) is 13.1 Å². The smallest absolute Gasteiger partial charge is 0.264 e. The molecule has 0 radical (unpaired) electrons. The fourth-order valence-electron chi connectivity index (χ4n) is 1.79. The number of hydrogen-bond acceptors (Lipinski definition) is 4. The molecular weight excluding hydrogens is 294 g/mol. The first-order chi connectivity index (χ1) is 9.66. The van der Waals surface area contributed by atoms with Gasteiger partial charge in [-0.2, -0.15) is 0 Å². The average molecular weight is 310 g/mol. The van der Waals surface area contributed by atoms with Gasteiger partial charge in [0.05, 0.1) is 5.51 Å². The Bertz CT molecular complexity index is 559. The lowest BCUT2D eigenvalue weighted by molar-refractivity contribution is 0.0953. The predicted octanol–water partition coefficient (Wildman–Crippen LogP) is 2.66. The van der Waals surface area contributed by atoms with Crippen molar-refractivity contribution in [3.05, 3.63) is 51.4 Å². The third-order valence-corrected chi connectivity index (χ3v) is 4.03. The number of nitrogens with one attached hydrogen (secondary N) is 1. The zero-order valence-corrected chi connectivity index (χ0v) is 12.7. The molecule has 6 heteroatoms. The molecule has 0 saturated heterocycles. The fraction of sp³-hybridized carbons (Fsp3) is 0.286. The van der Waals surface area contributed by atoms with Gasteiger partial charge in [0.25, 0.3) is 5.91 Å². The first kappa shape index (κ1) is 15.0. The Kier molecular flexibility index (Phi) is 5.52. The highest BCUT2D eigenvalue weighted by atomic mass is 35.5. The van der Waals surface area contributed by atoms with Gasteiger partial charge in [-0.15, -0.1) is 11.3 Å². The number of carbonyl (C=O) groups is 1. The van der Waals surface area contributed by atoms with E-state index in [9.17, 15) is 4.79 Å². The topological polar surface area (TPSA) is 45.2 Å². The minimum absolute atomic E-state index is 0.161. The molecule has 0 aliphatic carbocycles. The lowest BCUT2D eigenvalue weighted by Crippen LogP contribution is -2.32. The van der Waals surface area contributed by atoms with E-state index in [1.807, 2.05) is 25.2 Å². The SMILES string of the molecule is CN(CCNC(=O)c1scnc1Cl)Cc1ccccc1. The molecule has 0 bridgehead atoms. The molecule has 0 atom stereocenters. The van der Waals surface area contributed by atoms with Crippen LogP contribution in [-0.4, -0.2) is 35.9 Å². The average Bonchev–Trinajstić information content (AvgIpc) is 2.86. The number of nitrogens with zero attached hydrogens (tertiary/aromatic N) is 2. The van der Waals surface area contributed by atoms with Crippen LogP contribution in [0, 0.1) is 0 Å². The summed E-state index contributed by atoms with van der Waals surface area (Å²) < 4.78 is 0. The molecular formula is C14H16ClN3OS. The Morgan fingerprint density at radius 3 is 2.80 bits per heavy atom. The van der Waals surface area contributed by atoms with Crippen molar-refractivity contribution in [2.24, 2.45) is 0 Å². The number of halogens is 1. The van der Waals surface area contributed by atoms with Crippen LogP contribution >= 0.6 is 22.9 Å². The lowest BCUT2D eigenvalue weighted by Gasteiger charge is -2.16. The molecule has 2 aromatic rings. The van der Waals surface area contributed by atoms with Gasteiger partial charge in [0, 0.05) is 19.6 Å². The van der Waals surface area contributed by atoms with E-state index in [-0.39, 0.29) is 11.1 Å². The van der Waals surface area contributed by atoms with Crippen molar-refractivity contribution >= 4 is 28.8 Å². The minimum Gasteiger partial charge on any atom is -0.350 e. The maximum atomic E-state index is 11.8. The standard InChI is InChI=1S/C14H16ClN3OS/c1-18(9-11-5-3-2-4-6-11)8-7-16-14(19)12-13(15)17-10-20-12/h2-6,10H,7-9H2,1H3,(H,16,19). The molecule has 0 spiro atoms. The van der Waals surface area contributed by atoms with Crippen molar-refractivity contribution in [2.45, 2.75) is 6.54 Å². The summed E-state index contributed by atoms with van der Waals surface area (Å²) in [7, 11) is 2.03. The zero-order chi connectivity index (χ0) is 14.4. The Morgan fingerprint density at radius 2 is 2.15 bits per heavy atom. The number of likely N-dealkylation sites (N-methyl/N-ethyl adjacent to an activating group) is 1. The number of rotatable bonds is 6. The van der Waals surface area contributed by atoms with Gasteiger partial charge in [0.1, 0.15) is 4.88 Å². The predicted molar refractivity (Wildman–Crippen MR) is 82.2 cm³/mol. The van der Waals surface area contributed by atoms with Crippen LogP contribution in [0.15, 0.2) is 35.8 Å². The molecule has 0 fully saturated rings. The second-order valence-electron chi connectivity index (χ2n) is 4.45. The van der Waals surface area contributed by atoms with Gasteiger partial charge >= 0.3 is 0 Å². The molecule has 2 rings (SSSR count). The monoisotopic (exact) mass is 309 g/mol. The summed E-state index contributed by atoms with van der Waals surface area (Å²) in [5, 5.41) is 3.12. The molecule has 1 heterocycles. The van der Waals surface area contributed by atoms with Crippen LogP contribution in [-0.2, 0) is 6.54 Å². The third-order valence-electron chi connectivity index (χ3n) is 2.80. The molecule has 0 aliphatic rings. The molecule has 0 aliphatic heterocycles. The van der Waals surface area contributed by atoms with Crippen LogP contribution in [0.1, 0.15) is 15.2 Å². The van der Waals surface area contributed by atoms with Gasteiger partial charge in [-0.05, 0) is 12.6 Å². The maximum absolute atomic E-state index is 11.8. The van der Waals surface area contributed by atoms with Crippen molar-refractivity contribution in [1.82, 2.24) is 15.2 Å². The van der Waals surface area contributed by atoms with Gasteiger partial charge in [0.15, 0.2) is 5.15 Å². The van der Waals surface area contributed by atoms with Crippen LogP contribution in [0.5, 0.6) is 0 Å². The molecule has 1 N–H and O–H groups in total. The number of amides is 1. The molecule has 106 valence electrons. The Labute approximate surface area is 127 Å². The van der Waals surface area contributed by atoms with Crippen LogP contribution in [0.25, 0.3) is 0 Å². The Hall–Kier alpha value is -1.43. The molecule has 1 amide bonds. The van der Waals surface area contributed by atoms with Gasteiger partial charge < -0.3 is 10.2 Å². The minimum atomic E-state index is -0.161. The van der Waals surface area contributed by atoms with E-state index in [1.165, 1.54) is 16.9 Å². The molecule has 20 heavy (non-hydrogen) atoms. The summed E-state index contributed by atoms with van der Waals surface area (Å²) in [6.45, 7) is 2.21. The van der Waals surface area contributed by atoms with Crippen LogP contribution < -0.4 is 5.32 Å². The van der Waals surface area contributed by atoms with Gasteiger partial charge in [-0.1, -0.05) is 41.9 Å². The molecule has 0 saturated carbocycles. The highest BCUT2D eigenvalue weighted by molar-refractivity contribution is 7.12. The maximum Gasteiger partial charge on any atom is 0.264 e. The van der Waals surface area contributed by atoms with Crippen molar-refractivity contribution in [1.29, 1.82) is 0 Å². The van der Waals surface area contributed by atoms with Crippen molar-refractivity contribution in [2.75, 3.05) is 20.1 Å². The fourth-order valence-corrected chi connectivity index (χ4v) is 2.71. The van der Waals surface area contributed by atoms with Crippen LogP contribution in [0.3, 0.4) is 0 Å². The van der Waals surface area contributed by atoms with Crippen molar-refractivity contribution in [3.8, 4) is 0 Å². The summed E-state index contributed by atoms with van der Waals surface area (Å²) in [5.74, 6) is -0.161. The Morgan fingerprint density at radius 1 is 1.40 bits per heavy atom. The van der Waals surface area contributed by atoms with Crippen LogP contribution in [0.4, 0.5) is 0 Å². The summed E-state index contributed by atoms with van der Waals surface area (Å²) in [4.78, 5) is 18.3. The molecule has 4 nitrogen and oxygen atoms in total. The highest BCUT2D eigenvalue weighted by Gasteiger charge is 2.12. The van der Waals surface area contributed by atoms with Crippen molar-refractivity contribution in [3.63, 3.8) is 0 Å². The van der Waals surface area contributed by atoms with E-state index >= 15 is 0 Å². The highest BCUT2D eigenvalue weighted by Crippen LogP contribution is 2.17. The Balaban J connectivity index is 1.73. The summed E-state index contributed by atoms with van der Waals surface area (Å²) in [5.41, 5.74) is 2.82. The summed E-state index contributed by atoms with van der Waals surface area (Å²) in [6.07, 6.45) is 0. The number of thiazole rings is 1. The van der Waals surface area contributed by atoms with Gasteiger partial charge in [-0.25, -0.2) is 4.98 Å². The number of aromatic nitrogens is 1. The number of benzene rings is 1. The van der Waals surface area contributed by atoms with E-state index in [1.54, 1.807) is 5.51 Å². The quantitative estimate of drug-likeness (QED) is 0.892. The van der Waals surface area contributed by atoms with Gasteiger partial charge in [-0.3, -0.25) is 4.79 Å². The second-order valence-corrected chi connectivity index (χ2v) is 5.66. The van der Waals surface area contributed by atoms with E-state index in [4.69, 9.17) is 11.6 Å². The third kappa shape index (κ3) is 4.30. The van der Waals surface area contributed by atoms with E-state index < -0.39 is 0 Å². The largest absolute Gasteiger partial charge is 0.350 e. The first-order valence-corrected chi connectivity index (χ1v) is 7.52. The molecule has 0 unspecified atom stereocenters. The molecule has 1 aromatic carbocycles.